The van der Waals surface area contributed by atoms with Crippen molar-refractivity contribution in [2.24, 2.45) is 0 Å². The Morgan fingerprint density at radius 2 is 2.15 bits per heavy atom. The minimum atomic E-state index is 0.966. The lowest BCUT2D eigenvalue weighted by molar-refractivity contribution is 0.584. The Hall–Kier alpha value is -1.06. The average molecular weight is 206 g/mol. The highest BCUT2D eigenvalue weighted by Gasteiger charge is 2.06. The molecule has 64 valence electrons. The van der Waals surface area contributed by atoms with Crippen LogP contribution in [-0.2, 0) is 0 Å². The van der Waals surface area contributed by atoms with Crippen molar-refractivity contribution >= 4 is 32.1 Å². The lowest BCUT2D eigenvalue weighted by atomic mass is 10.3. The molecule has 13 heavy (non-hydrogen) atoms. The van der Waals surface area contributed by atoms with E-state index < -0.39 is 0 Å². The van der Waals surface area contributed by atoms with Crippen molar-refractivity contribution in [3.63, 3.8) is 0 Å². The molecule has 3 heterocycles. The van der Waals surface area contributed by atoms with E-state index in [1.807, 2.05) is 12.1 Å². The third kappa shape index (κ3) is 1.12. The average Bonchev–Trinajstić information content (AvgIpc) is 2.78. The summed E-state index contributed by atoms with van der Waals surface area (Å²) in [7, 11) is 0. The number of thiophene rings is 2. The van der Waals surface area contributed by atoms with E-state index in [4.69, 9.17) is 4.42 Å². The van der Waals surface area contributed by atoms with Crippen molar-refractivity contribution in [3.05, 3.63) is 35.9 Å². The fraction of sp³-hybridized carbons (Fsp3) is 0. The summed E-state index contributed by atoms with van der Waals surface area (Å²) >= 11 is 3.55. The van der Waals surface area contributed by atoms with Gasteiger partial charge in [0.1, 0.15) is 5.76 Å². The highest BCUT2D eigenvalue weighted by molar-refractivity contribution is 7.28. The first-order valence-electron chi connectivity index (χ1n) is 3.94. The van der Waals surface area contributed by atoms with Gasteiger partial charge in [0, 0.05) is 9.40 Å². The zero-order chi connectivity index (χ0) is 8.67. The van der Waals surface area contributed by atoms with Gasteiger partial charge in [-0.25, -0.2) is 0 Å². The first-order chi connectivity index (χ1) is 6.43. The molecule has 3 aromatic heterocycles. The number of fused-ring (bicyclic) bond motifs is 1. The van der Waals surface area contributed by atoms with Crippen molar-refractivity contribution in [1.82, 2.24) is 0 Å². The van der Waals surface area contributed by atoms with Crippen LogP contribution in [0.5, 0.6) is 0 Å². The third-order valence-corrected chi connectivity index (χ3v) is 4.01. The molecule has 1 nitrogen and oxygen atoms in total. The maximum absolute atomic E-state index is 5.33. The van der Waals surface area contributed by atoms with Crippen LogP contribution < -0.4 is 0 Å². The van der Waals surface area contributed by atoms with E-state index in [9.17, 15) is 0 Å². The van der Waals surface area contributed by atoms with Crippen molar-refractivity contribution < 1.29 is 4.42 Å². The Kier molecular flexibility index (Phi) is 1.54. The van der Waals surface area contributed by atoms with Crippen LogP contribution in [-0.4, -0.2) is 0 Å². The standard InChI is InChI=1S/C10H6OS2/c1-2-7(11-4-1)9-6-10-8(13-9)3-5-12-10/h1-6H. The van der Waals surface area contributed by atoms with E-state index in [-0.39, 0.29) is 0 Å². The molecule has 0 saturated carbocycles. The van der Waals surface area contributed by atoms with E-state index in [1.54, 1.807) is 28.9 Å². The number of hydrogen-bond donors (Lipinski definition) is 0. The van der Waals surface area contributed by atoms with Crippen LogP contribution in [0.3, 0.4) is 0 Å². The summed E-state index contributed by atoms with van der Waals surface area (Å²) in [5.41, 5.74) is 0. The fourth-order valence-corrected chi connectivity index (χ4v) is 3.38. The molecule has 0 N–H and O–H groups in total. The highest BCUT2D eigenvalue weighted by Crippen LogP contribution is 2.36. The highest BCUT2D eigenvalue weighted by atomic mass is 32.1. The van der Waals surface area contributed by atoms with E-state index in [0.717, 1.165) is 5.76 Å². The topological polar surface area (TPSA) is 13.1 Å². The van der Waals surface area contributed by atoms with Crippen LogP contribution in [0.25, 0.3) is 20.0 Å². The summed E-state index contributed by atoms with van der Waals surface area (Å²) in [6.45, 7) is 0. The van der Waals surface area contributed by atoms with Crippen LogP contribution in [0, 0.1) is 0 Å². The molecule has 0 radical (unpaired) electrons. The van der Waals surface area contributed by atoms with Crippen molar-refractivity contribution in [1.29, 1.82) is 0 Å². The molecule has 0 bridgehead atoms. The van der Waals surface area contributed by atoms with E-state index in [1.165, 1.54) is 14.3 Å². The largest absolute Gasteiger partial charge is 0.464 e. The van der Waals surface area contributed by atoms with Gasteiger partial charge in [-0.2, -0.15) is 0 Å². The maximum atomic E-state index is 5.33. The van der Waals surface area contributed by atoms with Crippen LogP contribution in [0.1, 0.15) is 0 Å². The van der Waals surface area contributed by atoms with Gasteiger partial charge in [-0.05, 0) is 29.6 Å². The van der Waals surface area contributed by atoms with Gasteiger partial charge >= 0.3 is 0 Å². The van der Waals surface area contributed by atoms with Gasteiger partial charge in [0.05, 0.1) is 11.1 Å². The first kappa shape index (κ1) is 7.35. The van der Waals surface area contributed by atoms with Crippen LogP contribution >= 0.6 is 22.7 Å². The number of rotatable bonds is 1. The third-order valence-electron chi connectivity index (χ3n) is 1.90. The summed E-state index contributed by atoms with van der Waals surface area (Å²) in [4.78, 5) is 1.21. The van der Waals surface area contributed by atoms with Crippen molar-refractivity contribution in [2.45, 2.75) is 0 Å². The zero-order valence-corrected chi connectivity index (χ0v) is 8.32. The molecule has 3 heteroatoms. The number of hydrogen-bond acceptors (Lipinski definition) is 3. The van der Waals surface area contributed by atoms with E-state index >= 15 is 0 Å². The second kappa shape index (κ2) is 2.72. The molecule has 0 amide bonds. The van der Waals surface area contributed by atoms with Crippen molar-refractivity contribution in [2.75, 3.05) is 0 Å². The maximum Gasteiger partial charge on any atom is 0.143 e. The number of furan rings is 1. The van der Waals surface area contributed by atoms with Gasteiger partial charge in [-0.3, -0.25) is 0 Å². The predicted octanol–water partition coefficient (Wildman–Crippen LogP) is 4.22. The Bertz CT molecular complexity index is 487. The van der Waals surface area contributed by atoms with Crippen LogP contribution in [0.4, 0.5) is 0 Å². The summed E-state index contributed by atoms with van der Waals surface area (Å²) in [6, 6.07) is 8.25. The summed E-state index contributed by atoms with van der Waals surface area (Å²) in [5.74, 6) is 0.966. The first-order valence-corrected chi connectivity index (χ1v) is 5.64. The summed E-state index contributed by atoms with van der Waals surface area (Å²) in [5, 5.41) is 2.12. The van der Waals surface area contributed by atoms with Gasteiger partial charge < -0.3 is 4.42 Å². The molecule has 0 aromatic carbocycles. The second-order valence-corrected chi connectivity index (χ2v) is 4.77. The molecular weight excluding hydrogens is 200 g/mol. The Balaban J connectivity index is 2.23. The monoisotopic (exact) mass is 206 g/mol. The fourth-order valence-electron chi connectivity index (χ4n) is 1.31. The predicted molar refractivity (Wildman–Crippen MR) is 57.4 cm³/mol. The quantitative estimate of drug-likeness (QED) is 0.581. The van der Waals surface area contributed by atoms with Crippen LogP contribution in [0.2, 0.25) is 0 Å². The van der Waals surface area contributed by atoms with Gasteiger partial charge in [-0.1, -0.05) is 0 Å². The molecule has 0 spiro atoms. The lowest BCUT2D eigenvalue weighted by Gasteiger charge is -1.85. The molecule has 3 rings (SSSR count). The molecule has 0 aliphatic rings. The zero-order valence-electron chi connectivity index (χ0n) is 6.69. The normalized spacial score (nSPS) is 11.1. The molecule has 0 saturated heterocycles. The van der Waals surface area contributed by atoms with Crippen molar-refractivity contribution in [3.8, 4) is 10.6 Å². The van der Waals surface area contributed by atoms with Crippen LogP contribution in [0.15, 0.2) is 40.3 Å². The Morgan fingerprint density at radius 3 is 2.92 bits per heavy atom. The second-order valence-electron chi connectivity index (χ2n) is 2.74. The summed E-state index contributed by atoms with van der Waals surface area (Å²) < 4.78 is 8.02. The smallest absolute Gasteiger partial charge is 0.143 e. The molecule has 0 atom stereocenters. The molecule has 0 aliphatic heterocycles. The minimum Gasteiger partial charge on any atom is -0.464 e. The summed E-state index contributed by atoms with van der Waals surface area (Å²) in [6.07, 6.45) is 1.71. The van der Waals surface area contributed by atoms with E-state index in [0.29, 0.717) is 0 Å². The molecule has 0 fully saturated rings. The Morgan fingerprint density at radius 1 is 1.15 bits per heavy atom. The van der Waals surface area contributed by atoms with Gasteiger partial charge in [0.15, 0.2) is 0 Å². The SMILES string of the molecule is c1coc(-c2cc3sccc3s2)c1. The Labute approximate surface area is 83.2 Å². The van der Waals surface area contributed by atoms with E-state index in [2.05, 4.69) is 17.5 Å². The van der Waals surface area contributed by atoms with Gasteiger partial charge in [0.2, 0.25) is 0 Å². The minimum absolute atomic E-state index is 0.966. The molecule has 0 aliphatic carbocycles. The van der Waals surface area contributed by atoms with Gasteiger partial charge in [-0.15, -0.1) is 22.7 Å². The van der Waals surface area contributed by atoms with Gasteiger partial charge in [0.25, 0.3) is 0 Å². The lowest BCUT2D eigenvalue weighted by Crippen LogP contribution is -1.59. The molecule has 0 unspecified atom stereocenters. The molecular formula is C10H6OS2. The molecule has 3 aromatic rings.